The third-order valence-electron chi connectivity index (χ3n) is 5.57. The molecule has 1 fully saturated rings. The molecular formula is C23H27NO4. The lowest BCUT2D eigenvalue weighted by molar-refractivity contribution is -0.151. The summed E-state index contributed by atoms with van der Waals surface area (Å²) in [5.74, 6) is 0.434. The van der Waals surface area contributed by atoms with E-state index in [-0.39, 0.29) is 18.5 Å². The van der Waals surface area contributed by atoms with Gasteiger partial charge in [0.2, 0.25) is 0 Å². The van der Waals surface area contributed by atoms with Crippen molar-refractivity contribution >= 4 is 11.9 Å². The van der Waals surface area contributed by atoms with E-state index in [1.54, 1.807) is 4.90 Å². The molecule has 0 N–H and O–H groups in total. The lowest BCUT2D eigenvalue weighted by atomic mass is 9.72. The maximum Gasteiger partial charge on any atom is 0.316 e. The fraction of sp³-hybridized carbons (Fsp3) is 0.391. The predicted octanol–water partition coefficient (Wildman–Crippen LogP) is 3.42. The van der Waals surface area contributed by atoms with E-state index in [1.165, 1.54) is 7.11 Å². The second kappa shape index (κ2) is 8.46. The van der Waals surface area contributed by atoms with Gasteiger partial charge < -0.3 is 14.4 Å². The van der Waals surface area contributed by atoms with Crippen molar-refractivity contribution in [2.75, 3.05) is 26.8 Å². The summed E-state index contributed by atoms with van der Waals surface area (Å²) in [5.41, 5.74) is 2.35. The number of hydrogen-bond donors (Lipinski definition) is 0. The molecule has 28 heavy (non-hydrogen) atoms. The molecule has 5 nitrogen and oxygen atoms in total. The van der Waals surface area contributed by atoms with Crippen molar-refractivity contribution in [3.05, 3.63) is 65.2 Å². The number of likely N-dealkylation sites (tertiary alicyclic amines) is 1. The predicted molar refractivity (Wildman–Crippen MR) is 107 cm³/mol. The molecule has 1 amide bonds. The number of piperidine rings is 1. The molecule has 0 aromatic heterocycles. The zero-order valence-corrected chi connectivity index (χ0v) is 16.7. The Morgan fingerprint density at radius 3 is 2.36 bits per heavy atom. The Labute approximate surface area is 166 Å². The highest BCUT2D eigenvalue weighted by molar-refractivity contribution is 5.84. The van der Waals surface area contributed by atoms with Crippen LogP contribution in [0.2, 0.25) is 0 Å². The van der Waals surface area contributed by atoms with Gasteiger partial charge in [0.25, 0.3) is 5.91 Å². The van der Waals surface area contributed by atoms with Crippen molar-refractivity contribution in [3.63, 3.8) is 0 Å². The highest BCUT2D eigenvalue weighted by Crippen LogP contribution is 2.36. The Morgan fingerprint density at radius 1 is 1.04 bits per heavy atom. The average molecular weight is 381 g/mol. The highest BCUT2D eigenvalue weighted by atomic mass is 16.5. The number of hydrogen-bond acceptors (Lipinski definition) is 4. The van der Waals surface area contributed by atoms with E-state index in [1.807, 2.05) is 62.4 Å². The van der Waals surface area contributed by atoms with Crippen molar-refractivity contribution in [1.29, 1.82) is 0 Å². The zero-order chi connectivity index (χ0) is 20.1. The molecule has 2 aromatic carbocycles. The average Bonchev–Trinajstić information content (AvgIpc) is 2.74. The van der Waals surface area contributed by atoms with Crippen molar-refractivity contribution in [2.24, 2.45) is 0 Å². The SMILES string of the molecule is COC(=O)C1(c2ccccc2)CCN(C(=O)COc2cc(C)ccc2C)CC1. The number of benzene rings is 2. The Balaban J connectivity index is 1.65. The quantitative estimate of drug-likeness (QED) is 0.745. The molecule has 3 rings (SSSR count). The van der Waals surface area contributed by atoms with Gasteiger partial charge in [-0.1, -0.05) is 42.5 Å². The smallest absolute Gasteiger partial charge is 0.316 e. The first kappa shape index (κ1) is 19.9. The minimum absolute atomic E-state index is 0.000848. The van der Waals surface area contributed by atoms with Gasteiger partial charge in [0, 0.05) is 13.1 Å². The molecule has 0 saturated carbocycles. The van der Waals surface area contributed by atoms with E-state index in [2.05, 4.69) is 0 Å². The molecule has 1 aliphatic heterocycles. The van der Waals surface area contributed by atoms with Gasteiger partial charge in [0.1, 0.15) is 5.75 Å². The van der Waals surface area contributed by atoms with Crippen molar-refractivity contribution < 1.29 is 19.1 Å². The van der Waals surface area contributed by atoms with Crippen LogP contribution < -0.4 is 4.74 Å². The van der Waals surface area contributed by atoms with Gasteiger partial charge >= 0.3 is 5.97 Å². The van der Waals surface area contributed by atoms with E-state index in [0.717, 1.165) is 22.4 Å². The minimum atomic E-state index is -0.694. The first-order valence-electron chi connectivity index (χ1n) is 9.58. The Bertz CT molecular complexity index is 839. The van der Waals surface area contributed by atoms with Crippen LogP contribution >= 0.6 is 0 Å². The maximum atomic E-state index is 12.6. The van der Waals surface area contributed by atoms with Crippen LogP contribution in [-0.2, 0) is 19.7 Å². The topological polar surface area (TPSA) is 55.8 Å². The van der Waals surface area contributed by atoms with E-state index < -0.39 is 5.41 Å². The van der Waals surface area contributed by atoms with E-state index in [4.69, 9.17) is 9.47 Å². The summed E-state index contributed by atoms with van der Waals surface area (Å²) in [5, 5.41) is 0. The van der Waals surface area contributed by atoms with E-state index in [0.29, 0.717) is 25.9 Å². The number of esters is 1. The molecular weight excluding hydrogens is 354 g/mol. The molecule has 2 aromatic rings. The molecule has 0 bridgehead atoms. The van der Waals surface area contributed by atoms with Gasteiger partial charge in [-0.25, -0.2) is 0 Å². The molecule has 0 radical (unpaired) electrons. The monoisotopic (exact) mass is 381 g/mol. The largest absolute Gasteiger partial charge is 0.483 e. The number of ether oxygens (including phenoxy) is 2. The number of methoxy groups -OCH3 is 1. The van der Waals surface area contributed by atoms with Gasteiger partial charge in [-0.05, 0) is 49.4 Å². The molecule has 1 aliphatic rings. The van der Waals surface area contributed by atoms with E-state index >= 15 is 0 Å². The second-order valence-electron chi connectivity index (χ2n) is 7.38. The van der Waals surface area contributed by atoms with Gasteiger partial charge in [-0.2, -0.15) is 0 Å². The van der Waals surface area contributed by atoms with Gasteiger partial charge in [-0.3, -0.25) is 9.59 Å². The van der Waals surface area contributed by atoms with Crippen molar-refractivity contribution in [1.82, 2.24) is 4.90 Å². The number of rotatable bonds is 5. The number of carbonyl (C=O) groups excluding carboxylic acids is 2. The molecule has 1 heterocycles. The minimum Gasteiger partial charge on any atom is -0.483 e. The molecule has 0 aliphatic carbocycles. The second-order valence-corrected chi connectivity index (χ2v) is 7.38. The Hall–Kier alpha value is -2.82. The molecule has 1 saturated heterocycles. The normalized spacial score (nSPS) is 15.8. The van der Waals surface area contributed by atoms with Crippen LogP contribution in [0, 0.1) is 13.8 Å². The number of carbonyl (C=O) groups is 2. The van der Waals surface area contributed by atoms with Crippen molar-refractivity contribution in [2.45, 2.75) is 32.1 Å². The summed E-state index contributed by atoms with van der Waals surface area (Å²) in [4.78, 5) is 27.0. The first-order valence-corrected chi connectivity index (χ1v) is 9.58. The summed E-state index contributed by atoms with van der Waals surface area (Å²) in [7, 11) is 1.42. The van der Waals surface area contributed by atoms with Gasteiger partial charge in [0.05, 0.1) is 12.5 Å². The number of amides is 1. The maximum absolute atomic E-state index is 12.6. The van der Waals surface area contributed by atoms with Crippen LogP contribution in [0.5, 0.6) is 5.75 Å². The molecule has 5 heteroatoms. The number of aryl methyl sites for hydroxylation is 2. The van der Waals surface area contributed by atoms with Crippen LogP contribution in [0.3, 0.4) is 0 Å². The van der Waals surface area contributed by atoms with Crippen LogP contribution in [-0.4, -0.2) is 43.6 Å². The summed E-state index contributed by atoms with van der Waals surface area (Å²) >= 11 is 0. The molecule has 0 unspecified atom stereocenters. The lowest BCUT2D eigenvalue weighted by Crippen LogP contribution is -2.50. The first-order chi connectivity index (χ1) is 13.5. The third kappa shape index (κ3) is 4.03. The highest BCUT2D eigenvalue weighted by Gasteiger charge is 2.44. The molecule has 0 atom stereocenters. The van der Waals surface area contributed by atoms with Crippen molar-refractivity contribution in [3.8, 4) is 5.75 Å². The van der Waals surface area contributed by atoms with Crippen LogP contribution in [0.1, 0.15) is 29.5 Å². The summed E-state index contributed by atoms with van der Waals surface area (Å²) in [6.07, 6.45) is 1.08. The van der Waals surface area contributed by atoms with Gasteiger partial charge in [0.15, 0.2) is 6.61 Å². The summed E-state index contributed by atoms with van der Waals surface area (Å²) in [6.45, 7) is 4.96. The van der Waals surface area contributed by atoms with Gasteiger partial charge in [-0.15, -0.1) is 0 Å². The fourth-order valence-electron chi connectivity index (χ4n) is 3.79. The molecule has 148 valence electrons. The summed E-state index contributed by atoms with van der Waals surface area (Å²) < 4.78 is 10.9. The third-order valence-corrected chi connectivity index (χ3v) is 5.57. The van der Waals surface area contributed by atoms with Crippen LogP contribution in [0.15, 0.2) is 48.5 Å². The summed E-state index contributed by atoms with van der Waals surface area (Å²) in [6, 6.07) is 15.6. The van der Waals surface area contributed by atoms with Crippen LogP contribution in [0.25, 0.3) is 0 Å². The zero-order valence-electron chi connectivity index (χ0n) is 16.7. The van der Waals surface area contributed by atoms with Crippen LogP contribution in [0.4, 0.5) is 0 Å². The lowest BCUT2D eigenvalue weighted by Gasteiger charge is -2.40. The Morgan fingerprint density at radius 2 is 1.71 bits per heavy atom. The van der Waals surface area contributed by atoms with E-state index in [9.17, 15) is 9.59 Å². The Kier molecular flexibility index (Phi) is 6.02. The molecule has 0 spiro atoms. The fourth-order valence-corrected chi connectivity index (χ4v) is 3.79. The number of nitrogens with zero attached hydrogens (tertiary/aromatic N) is 1. The standard InChI is InChI=1S/C23H27NO4/c1-17-9-10-18(2)20(15-17)28-16-21(25)24-13-11-23(12-14-24,22(26)27-3)19-7-5-4-6-8-19/h4-10,15H,11-14,16H2,1-3H3.